The summed E-state index contributed by atoms with van der Waals surface area (Å²) in [5, 5.41) is 78.0. The lowest BCUT2D eigenvalue weighted by Gasteiger charge is -2.38. The van der Waals surface area contributed by atoms with Gasteiger partial charge in [0.1, 0.15) is 0 Å². The van der Waals surface area contributed by atoms with E-state index in [2.05, 4.69) is 198 Å². The molecule has 32 unspecified atom stereocenters. The third-order valence-electron chi connectivity index (χ3n) is 26.1. The molecule has 0 saturated heterocycles. The molecule has 8 rings (SSSR count). The molecular weight excluding hydrogens is 1180 g/mol. The Balaban J connectivity index is 0.000000549. The summed E-state index contributed by atoms with van der Waals surface area (Å²) < 4.78 is 0. The average Bonchev–Trinajstić information content (AvgIpc) is 1.61. The second-order valence-electron chi connectivity index (χ2n) is 35.3. The van der Waals surface area contributed by atoms with Crippen LogP contribution in [0.2, 0.25) is 0 Å². The summed E-state index contributed by atoms with van der Waals surface area (Å²) in [6.07, 6.45) is 16.2. The third kappa shape index (κ3) is 29.2. The Hall–Kier alpha value is -2.40. The SMILES string of the molecule is C=C(C)C1C(C)CCC(O)C1C.C=C(C)C1CC(C)C(C)CC1O.C=C(C)C1CC(C)CC(C)C1O.C=C(C)C1CC(C)CC(O)C1C.C=C(C)C1CC(O)C(C)CC1C.C=C(C)C1CC(O)CC(C)C1C.C=C(C)C1CCC(C)C(C)C1O.C=C(C)C1CCC(C)C(O)C1C. The van der Waals surface area contributed by atoms with E-state index in [-0.39, 0.29) is 48.8 Å². The van der Waals surface area contributed by atoms with E-state index in [1.807, 2.05) is 20.8 Å². The Kier molecular flexibility index (Phi) is 41.5. The molecule has 8 nitrogen and oxygen atoms in total. The molecule has 8 fully saturated rings. The smallest absolute Gasteiger partial charge is 0.0633 e. The van der Waals surface area contributed by atoms with Crippen LogP contribution >= 0.6 is 0 Å². The summed E-state index contributed by atoms with van der Waals surface area (Å²) in [6.45, 7) is 83.4. The first-order valence-corrected chi connectivity index (χ1v) is 38.9. The molecule has 8 heteroatoms. The molecule has 0 amide bonds. The van der Waals surface area contributed by atoms with Gasteiger partial charge in [0.2, 0.25) is 0 Å². The maximum Gasteiger partial charge on any atom is 0.0633 e. The van der Waals surface area contributed by atoms with Gasteiger partial charge in [-0.25, -0.2) is 0 Å². The van der Waals surface area contributed by atoms with Gasteiger partial charge in [-0.2, -0.15) is 0 Å². The van der Waals surface area contributed by atoms with E-state index in [4.69, 9.17) is 0 Å². The first-order chi connectivity index (χ1) is 44.2. The van der Waals surface area contributed by atoms with Gasteiger partial charge in [-0.3, -0.25) is 0 Å². The molecule has 8 saturated carbocycles. The van der Waals surface area contributed by atoms with Crippen LogP contribution < -0.4 is 0 Å². The van der Waals surface area contributed by atoms with E-state index in [1.165, 1.54) is 47.1 Å². The predicted octanol–water partition coefficient (Wildman–Crippen LogP) is 20.8. The maximum absolute atomic E-state index is 9.92. The number of hydrogen-bond donors (Lipinski definition) is 8. The summed E-state index contributed by atoms with van der Waals surface area (Å²) in [5.74, 6) is 12.8. The third-order valence-corrected chi connectivity index (χ3v) is 26.1. The minimum Gasteiger partial charge on any atom is -0.393 e. The lowest BCUT2D eigenvalue weighted by atomic mass is 9.69. The molecule has 96 heavy (non-hydrogen) atoms. The molecule has 560 valence electrons. The standard InChI is InChI=1S/8C11H20O/c1-7(2)11-6-10(12)5-8(3)9(11)4;1-7(2)10-5-8(3)9(4)6-11(10)12;1-7(2)10-6-11(12)9(4)5-8(10)3;1-7(2)10-5-8(3)6-11(12)9(10)4;1-7(2)10-6-8(3)5-9(4)11(10)12;1-7(2)11-8(3)5-6-10(12)9(11)4;1-7(2)10-6-5-8(3)11(12)9(10)4;1-7(2)10-6-5-8(3)9(4)11(10)12/h8*8-12H,1,5-6H2,2-4H3. The van der Waals surface area contributed by atoms with Crippen molar-refractivity contribution < 1.29 is 40.9 Å². The zero-order valence-electron chi connectivity index (χ0n) is 67.0. The van der Waals surface area contributed by atoms with Crippen molar-refractivity contribution in [1.82, 2.24) is 0 Å². The fraction of sp³-hybridized carbons (Fsp3) is 0.818. The van der Waals surface area contributed by atoms with Crippen LogP contribution in [0.4, 0.5) is 0 Å². The molecule has 8 aliphatic rings. The van der Waals surface area contributed by atoms with E-state index in [1.54, 1.807) is 0 Å². The van der Waals surface area contributed by atoms with Gasteiger partial charge in [0.05, 0.1) is 48.8 Å². The van der Waals surface area contributed by atoms with E-state index in [9.17, 15) is 40.9 Å². The molecule has 0 aliphatic heterocycles. The van der Waals surface area contributed by atoms with Crippen molar-refractivity contribution in [2.75, 3.05) is 0 Å². The Labute approximate surface area is 594 Å². The Bertz CT molecular complexity index is 2150. The summed E-state index contributed by atoms with van der Waals surface area (Å²) in [5.41, 5.74) is 9.57. The van der Waals surface area contributed by atoms with E-state index in [0.29, 0.717) is 130 Å². The van der Waals surface area contributed by atoms with Gasteiger partial charge in [-0.15, -0.1) is 0 Å². The van der Waals surface area contributed by atoms with E-state index >= 15 is 0 Å². The van der Waals surface area contributed by atoms with Gasteiger partial charge in [0.25, 0.3) is 0 Å². The summed E-state index contributed by atoms with van der Waals surface area (Å²) >= 11 is 0. The van der Waals surface area contributed by atoms with Crippen molar-refractivity contribution in [3.8, 4) is 0 Å². The second kappa shape index (κ2) is 43.5. The van der Waals surface area contributed by atoms with Crippen molar-refractivity contribution >= 4 is 0 Å². The molecule has 0 aromatic rings. The minimum absolute atomic E-state index is 0.0992. The van der Waals surface area contributed by atoms with Gasteiger partial charge in [-0.1, -0.05) is 208 Å². The van der Waals surface area contributed by atoms with Gasteiger partial charge in [-0.05, 0) is 282 Å². The van der Waals surface area contributed by atoms with Crippen molar-refractivity contribution in [3.63, 3.8) is 0 Å². The Morgan fingerprint density at radius 1 is 0.219 bits per heavy atom. The quantitative estimate of drug-likeness (QED) is 0.111. The lowest BCUT2D eigenvalue weighted by Crippen LogP contribution is -2.36. The van der Waals surface area contributed by atoms with Gasteiger partial charge in [0, 0.05) is 17.8 Å². The highest BCUT2D eigenvalue weighted by Gasteiger charge is 2.39. The van der Waals surface area contributed by atoms with E-state index in [0.717, 1.165) is 112 Å². The van der Waals surface area contributed by atoms with Gasteiger partial charge in [0.15, 0.2) is 0 Å². The van der Waals surface area contributed by atoms with Crippen LogP contribution in [0.3, 0.4) is 0 Å². The zero-order valence-corrected chi connectivity index (χ0v) is 67.0. The summed E-state index contributed by atoms with van der Waals surface area (Å²) in [4.78, 5) is 0. The zero-order chi connectivity index (χ0) is 74.4. The van der Waals surface area contributed by atoms with Crippen LogP contribution in [-0.4, -0.2) is 89.7 Å². The molecule has 0 radical (unpaired) electrons. The lowest BCUT2D eigenvalue weighted by molar-refractivity contribution is 0.0106. The van der Waals surface area contributed by atoms with Crippen LogP contribution in [0.15, 0.2) is 97.2 Å². The fourth-order valence-corrected chi connectivity index (χ4v) is 18.3. The largest absolute Gasteiger partial charge is 0.393 e. The molecule has 0 heterocycles. The minimum atomic E-state index is -0.161. The van der Waals surface area contributed by atoms with Gasteiger partial charge >= 0.3 is 0 Å². The number of aliphatic hydroxyl groups is 8. The van der Waals surface area contributed by atoms with Crippen LogP contribution in [0.25, 0.3) is 0 Å². The molecule has 0 aromatic carbocycles. The number of aliphatic hydroxyl groups excluding tert-OH is 8. The maximum atomic E-state index is 9.92. The molecule has 0 aromatic heterocycles. The molecule has 0 bridgehead atoms. The first-order valence-electron chi connectivity index (χ1n) is 38.9. The van der Waals surface area contributed by atoms with Crippen LogP contribution in [0.5, 0.6) is 0 Å². The van der Waals surface area contributed by atoms with E-state index < -0.39 is 0 Å². The highest BCUT2D eigenvalue weighted by atomic mass is 16.3. The van der Waals surface area contributed by atoms with Crippen LogP contribution in [0.1, 0.15) is 269 Å². The average molecular weight is 1350 g/mol. The van der Waals surface area contributed by atoms with Crippen molar-refractivity contribution in [2.24, 2.45) is 142 Å². The molecular formula is C88H160O8. The Morgan fingerprint density at radius 3 is 1.16 bits per heavy atom. The highest BCUT2D eigenvalue weighted by Crippen LogP contribution is 2.44. The fourth-order valence-electron chi connectivity index (χ4n) is 18.3. The van der Waals surface area contributed by atoms with Crippen molar-refractivity contribution in [1.29, 1.82) is 0 Å². The summed E-state index contributed by atoms with van der Waals surface area (Å²) in [6, 6.07) is 0. The topological polar surface area (TPSA) is 162 Å². The van der Waals surface area contributed by atoms with Gasteiger partial charge < -0.3 is 40.9 Å². The molecule has 32 atom stereocenters. The second-order valence-corrected chi connectivity index (χ2v) is 35.3. The number of allylic oxidation sites excluding steroid dienone is 5. The monoisotopic (exact) mass is 1350 g/mol. The van der Waals surface area contributed by atoms with Crippen molar-refractivity contribution in [3.05, 3.63) is 97.2 Å². The molecule has 8 N–H and O–H groups in total. The Morgan fingerprint density at radius 2 is 0.667 bits per heavy atom. The summed E-state index contributed by atoms with van der Waals surface area (Å²) in [7, 11) is 0. The number of hydrogen-bond acceptors (Lipinski definition) is 8. The number of rotatable bonds is 8. The van der Waals surface area contributed by atoms with Crippen molar-refractivity contribution in [2.45, 2.75) is 318 Å². The normalized spacial score (nSPS) is 42.7. The first kappa shape index (κ1) is 91.6. The van der Waals surface area contributed by atoms with Crippen LogP contribution in [-0.2, 0) is 0 Å². The molecule has 8 aliphatic carbocycles. The predicted molar refractivity (Wildman–Crippen MR) is 415 cm³/mol. The highest BCUT2D eigenvalue weighted by molar-refractivity contribution is 5.09. The van der Waals surface area contributed by atoms with Crippen LogP contribution in [0, 0.1) is 142 Å². The molecule has 0 spiro atoms.